The van der Waals surface area contributed by atoms with Gasteiger partial charge in [0, 0.05) is 33.2 Å². The molecule has 2 saturated heterocycles. The molecular weight excluding hydrogens is 609 g/mol. The third-order valence-electron chi connectivity index (χ3n) is 10.2. The van der Waals surface area contributed by atoms with Gasteiger partial charge >= 0.3 is 0 Å². The molecular formula is C39H70O7Si. The smallest absolute Gasteiger partial charge is 0.192 e. The van der Waals surface area contributed by atoms with E-state index in [4.69, 9.17) is 39.3 Å². The standard InChI is InChI=1S/C39H70O7Si/c1-10-12-14-15-16-17-18-19-24-33(42-30-40-6)35-26-28-37(44-35)38-29-27-36(45-38)34(43-31-41-7)25-21-20-23-32(22-13-11-2)46-47(8,9)39(3,4)5/h2,32-38H,10,12-20,22-24,26-31H2,1,3-9H3. The molecule has 0 aromatic rings. The average molecular weight is 679 g/mol. The molecule has 2 aliphatic heterocycles. The predicted octanol–water partition coefficient (Wildman–Crippen LogP) is 9.18. The normalized spacial score (nSPS) is 23.6. The molecule has 0 aromatic heterocycles. The second-order valence-electron chi connectivity index (χ2n) is 15.1. The quantitative estimate of drug-likeness (QED) is 0.0437. The van der Waals surface area contributed by atoms with E-state index < -0.39 is 8.32 Å². The summed E-state index contributed by atoms with van der Waals surface area (Å²) in [5, 5.41) is 0.149. The van der Waals surface area contributed by atoms with Crippen LogP contribution in [0.2, 0.25) is 18.1 Å². The van der Waals surface area contributed by atoms with E-state index in [0.29, 0.717) is 13.2 Å². The highest BCUT2D eigenvalue weighted by molar-refractivity contribution is 6.74. The lowest BCUT2D eigenvalue weighted by Gasteiger charge is -2.39. The zero-order valence-corrected chi connectivity index (χ0v) is 32.4. The van der Waals surface area contributed by atoms with Crippen molar-refractivity contribution in [1.82, 2.24) is 0 Å². The van der Waals surface area contributed by atoms with Crippen LogP contribution < -0.4 is 0 Å². The minimum Gasteiger partial charge on any atom is -0.414 e. The summed E-state index contributed by atoms with van der Waals surface area (Å²) in [6.45, 7) is 14.2. The van der Waals surface area contributed by atoms with E-state index in [-0.39, 0.29) is 54.6 Å². The van der Waals surface area contributed by atoms with Gasteiger partial charge in [-0.25, -0.2) is 0 Å². The lowest BCUT2D eigenvalue weighted by atomic mass is 10.0. The Morgan fingerprint density at radius 2 is 1.34 bits per heavy atom. The van der Waals surface area contributed by atoms with Crippen molar-refractivity contribution in [3.63, 3.8) is 0 Å². The molecule has 0 bridgehead atoms. The van der Waals surface area contributed by atoms with E-state index in [9.17, 15) is 0 Å². The first-order valence-electron chi connectivity index (χ1n) is 18.7. The molecule has 2 rings (SSSR count). The summed E-state index contributed by atoms with van der Waals surface area (Å²) in [7, 11) is 1.42. The van der Waals surface area contributed by atoms with Crippen molar-refractivity contribution in [2.45, 2.75) is 198 Å². The van der Waals surface area contributed by atoms with Gasteiger partial charge in [-0.3, -0.25) is 0 Å². The van der Waals surface area contributed by atoms with Crippen LogP contribution in [0.5, 0.6) is 0 Å². The van der Waals surface area contributed by atoms with Gasteiger partial charge in [0.05, 0.1) is 30.5 Å². The van der Waals surface area contributed by atoms with Crippen molar-refractivity contribution in [3.05, 3.63) is 0 Å². The Morgan fingerprint density at radius 1 is 0.766 bits per heavy atom. The lowest BCUT2D eigenvalue weighted by molar-refractivity contribution is -0.150. The van der Waals surface area contributed by atoms with Crippen molar-refractivity contribution in [1.29, 1.82) is 0 Å². The number of unbranched alkanes of at least 4 members (excludes halogenated alkanes) is 7. The fourth-order valence-electron chi connectivity index (χ4n) is 6.32. The molecule has 0 amide bonds. The van der Waals surface area contributed by atoms with Crippen LogP contribution >= 0.6 is 0 Å². The van der Waals surface area contributed by atoms with E-state index in [2.05, 4.69) is 58.6 Å². The van der Waals surface area contributed by atoms with Crippen molar-refractivity contribution >= 4 is 8.32 Å². The summed E-state index contributed by atoms with van der Waals surface area (Å²) < 4.78 is 42.6. The maximum atomic E-state index is 6.71. The second-order valence-corrected chi connectivity index (χ2v) is 19.8. The highest BCUT2D eigenvalue weighted by atomic mass is 28.4. The van der Waals surface area contributed by atoms with Gasteiger partial charge in [-0.05, 0) is 63.1 Å². The minimum atomic E-state index is -1.90. The number of hydrogen-bond donors (Lipinski definition) is 0. The van der Waals surface area contributed by atoms with E-state index in [1.807, 2.05) is 0 Å². The molecule has 0 radical (unpaired) electrons. The Morgan fingerprint density at radius 3 is 1.96 bits per heavy atom. The number of terminal acetylenes is 1. The molecule has 0 N–H and O–H groups in total. The number of ether oxygens (including phenoxy) is 6. The van der Waals surface area contributed by atoms with E-state index in [0.717, 1.165) is 51.4 Å². The van der Waals surface area contributed by atoms with Crippen LogP contribution in [0.15, 0.2) is 0 Å². The summed E-state index contributed by atoms with van der Waals surface area (Å²) in [5.74, 6) is 9.54. The predicted molar refractivity (Wildman–Crippen MR) is 194 cm³/mol. The largest absolute Gasteiger partial charge is 0.414 e. The van der Waals surface area contributed by atoms with Gasteiger partial charge in [0.2, 0.25) is 0 Å². The Hall–Kier alpha value is -0.943. The fourth-order valence-corrected chi connectivity index (χ4v) is 7.74. The summed E-state index contributed by atoms with van der Waals surface area (Å²) in [6, 6.07) is 0. The van der Waals surface area contributed by atoms with Gasteiger partial charge < -0.3 is 32.8 Å². The van der Waals surface area contributed by atoms with Gasteiger partial charge in [0.1, 0.15) is 19.7 Å². The maximum Gasteiger partial charge on any atom is 0.192 e. The number of methoxy groups -OCH3 is 2. The summed E-state index contributed by atoms with van der Waals surface area (Å²) >= 11 is 0. The number of rotatable bonds is 24. The monoisotopic (exact) mass is 678 g/mol. The average Bonchev–Trinajstić information content (AvgIpc) is 3.72. The molecule has 0 saturated carbocycles. The third kappa shape index (κ3) is 16.1. The fraction of sp³-hybridized carbons (Fsp3) is 0.897. The van der Waals surface area contributed by atoms with Crippen molar-refractivity contribution in [3.8, 4) is 24.2 Å². The zero-order chi connectivity index (χ0) is 34.5. The molecule has 2 heterocycles. The van der Waals surface area contributed by atoms with Crippen LogP contribution in [0.1, 0.15) is 137 Å². The summed E-state index contributed by atoms with van der Waals surface area (Å²) in [4.78, 5) is 0. The topological polar surface area (TPSA) is 64.6 Å². The van der Waals surface area contributed by atoms with Crippen molar-refractivity contribution < 1.29 is 32.8 Å². The lowest BCUT2D eigenvalue weighted by Crippen LogP contribution is -2.43. The van der Waals surface area contributed by atoms with E-state index in [1.54, 1.807) is 14.2 Å². The highest BCUT2D eigenvalue weighted by Gasteiger charge is 2.42. The molecule has 7 unspecified atom stereocenters. The molecule has 0 spiro atoms. The Balaban J connectivity index is 1.89. The van der Waals surface area contributed by atoms with Crippen LogP contribution in [0.4, 0.5) is 0 Å². The number of hydrogen-bond acceptors (Lipinski definition) is 7. The molecule has 2 fully saturated rings. The second kappa shape index (κ2) is 23.5. The zero-order valence-electron chi connectivity index (χ0n) is 31.4. The highest BCUT2D eigenvalue weighted by Crippen LogP contribution is 2.38. The van der Waals surface area contributed by atoms with Crippen molar-refractivity contribution in [2.24, 2.45) is 0 Å². The van der Waals surface area contributed by atoms with Gasteiger partial charge in [-0.2, -0.15) is 0 Å². The van der Waals surface area contributed by atoms with E-state index >= 15 is 0 Å². The van der Waals surface area contributed by atoms with Crippen LogP contribution in [0, 0.1) is 24.2 Å². The Bertz CT molecular complexity index is 917. The van der Waals surface area contributed by atoms with Crippen LogP contribution in [0.25, 0.3) is 0 Å². The molecule has 7 atom stereocenters. The SMILES string of the molecule is C#CCCC(CCC#CC(OCOC)C1CCC(C2CCC(C(CCCCCCCCCC)OCOC)O2)O1)O[Si](C)(C)C(C)(C)C. The van der Waals surface area contributed by atoms with Crippen LogP contribution in [-0.2, 0) is 32.8 Å². The van der Waals surface area contributed by atoms with Gasteiger partial charge in [0.15, 0.2) is 8.32 Å². The molecule has 2 aliphatic rings. The summed E-state index contributed by atoms with van der Waals surface area (Å²) in [6.07, 6.45) is 23.9. The maximum absolute atomic E-state index is 6.71. The van der Waals surface area contributed by atoms with Crippen LogP contribution in [-0.4, -0.2) is 78.9 Å². The summed E-state index contributed by atoms with van der Waals surface area (Å²) in [5.41, 5.74) is 0. The first-order valence-corrected chi connectivity index (χ1v) is 21.6. The Labute approximate surface area is 290 Å². The molecule has 47 heavy (non-hydrogen) atoms. The van der Waals surface area contributed by atoms with Gasteiger partial charge in [0.25, 0.3) is 0 Å². The van der Waals surface area contributed by atoms with Gasteiger partial charge in [-0.1, -0.05) is 85.0 Å². The first kappa shape index (κ1) is 42.2. The Kier molecular flexibility index (Phi) is 21.1. The van der Waals surface area contributed by atoms with Gasteiger partial charge in [-0.15, -0.1) is 18.3 Å². The first-order chi connectivity index (χ1) is 22.6. The van der Waals surface area contributed by atoms with E-state index in [1.165, 1.54) is 51.4 Å². The molecule has 272 valence electrons. The molecule has 0 aliphatic carbocycles. The molecule has 0 aromatic carbocycles. The molecule has 7 nitrogen and oxygen atoms in total. The minimum absolute atomic E-state index is 0.0396. The van der Waals surface area contributed by atoms with Crippen molar-refractivity contribution in [2.75, 3.05) is 27.8 Å². The third-order valence-corrected chi connectivity index (χ3v) is 14.7. The van der Waals surface area contributed by atoms with Crippen LogP contribution in [0.3, 0.4) is 0 Å². The molecule has 8 heteroatoms.